The fraction of sp³-hybridized carbons (Fsp3) is 0.111. The molecule has 0 unspecified atom stereocenters. The van der Waals surface area contributed by atoms with E-state index in [1.807, 2.05) is 18.2 Å². The summed E-state index contributed by atoms with van der Waals surface area (Å²) < 4.78 is 6.29. The van der Waals surface area contributed by atoms with Crippen LogP contribution in [0, 0.1) is 0 Å². The lowest BCUT2D eigenvalue weighted by molar-refractivity contribution is 0.427. The summed E-state index contributed by atoms with van der Waals surface area (Å²) >= 11 is 5.94. The molecule has 2 nitrogen and oxygen atoms in total. The number of rotatable bonds is 1. The molecule has 0 aliphatic heterocycles. The van der Waals surface area contributed by atoms with Crippen LogP contribution in [-0.2, 0) is 0 Å². The molecular formula is C9H9NOS2. The second-order valence-electron chi connectivity index (χ2n) is 2.68. The molecule has 1 aromatic carbocycles. The molecule has 2 N–H and O–H groups in total. The van der Waals surface area contributed by atoms with Crippen molar-refractivity contribution < 1.29 is 4.74 Å². The van der Waals surface area contributed by atoms with E-state index in [0.717, 1.165) is 20.0 Å². The van der Waals surface area contributed by atoms with Crippen molar-refractivity contribution in [2.75, 3.05) is 12.8 Å². The summed E-state index contributed by atoms with van der Waals surface area (Å²) in [6.07, 6.45) is 0. The highest BCUT2D eigenvalue weighted by molar-refractivity contribution is 7.80. The molecule has 13 heavy (non-hydrogen) atoms. The minimum atomic E-state index is 0.705. The minimum absolute atomic E-state index is 0.705. The number of ether oxygens (including phenoxy) is 1. The predicted octanol–water partition coefficient (Wildman–Crippen LogP) is 2.78. The maximum atomic E-state index is 5.72. The van der Waals surface area contributed by atoms with E-state index in [2.05, 4.69) is 12.6 Å². The summed E-state index contributed by atoms with van der Waals surface area (Å²) in [4.78, 5) is 0.831. The van der Waals surface area contributed by atoms with Crippen molar-refractivity contribution in [2.45, 2.75) is 4.90 Å². The number of fused-ring (bicyclic) bond motifs is 1. The minimum Gasteiger partial charge on any atom is -0.487 e. The Morgan fingerprint density at radius 1 is 1.46 bits per heavy atom. The molecule has 0 saturated carbocycles. The molecular weight excluding hydrogens is 202 g/mol. The Morgan fingerprint density at radius 3 is 2.92 bits per heavy atom. The summed E-state index contributed by atoms with van der Waals surface area (Å²) in [5.74, 6) is 0. The van der Waals surface area contributed by atoms with Crippen LogP contribution in [0.4, 0.5) is 5.69 Å². The third-order valence-electron chi connectivity index (χ3n) is 1.88. The van der Waals surface area contributed by atoms with Gasteiger partial charge in [-0.3, -0.25) is 0 Å². The van der Waals surface area contributed by atoms with E-state index >= 15 is 0 Å². The van der Waals surface area contributed by atoms with Gasteiger partial charge in [-0.2, -0.15) is 0 Å². The lowest BCUT2D eigenvalue weighted by Crippen LogP contribution is -1.85. The van der Waals surface area contributed by atoms with Gasteiger partial charge in [-0.1, -0.05) is 11.3 Å². The molecule has 1 aromatic heterocycles. The number of anilines is 1. The molecule has 0 radical (unpaired) electrons. The quantitative estimate of drug-likeness (QED) is 0.562. The van der Waals surface area contributed by atoms with E-state index in [1.165, 1.54) is 0 Å². The average Bonchev–Trinajstić information content (AvgIpc) is 2.55. The number of hydrogen-bond acceptors (Lipinski definition) is 4. The number of thiophene rings is 1. The Labute approximate surface area is 85.7 Å². The molecule has 0 saturated heterocycles. The van der Waals surface area contributed by atoms with Gasteiger partial charge in [0.15, 0.2) is 5.06 Å². The molecule has 0 spiro atoms. The number of nitrogen functional groups attached to an aromatic ring is 1. The fourth-order valence-electron chi connectivity index (χ4n) is 1.19. The van der Waals surface area contributed by atoms with Crippen LogP contribution < -0.4 is 10.5 Å². The van der Waals surface area contributed by atoms with E-state index in [1.54, 1.807) is 18.4 Å². The molecule has 0 atom stereocenters. The number of hydrogen-bond donors (Lipinski definition) is 2. The predicted molar refractivity (Wildman–Crippen MR) is 60.0 cm³/mol. The number of benzene rings is 1. The zero-order chi connectivity index (χ0) is 9.42. The molecule has 2 rings (SSSR count). The molecule has 0 amide bonds. The van der Waals surface area contributed by atoms with Gasteiger partial charge in [-0.05, 0) is 12.1 Å². The van der Waals surface area contributed by atoms with Gasteiger partial charge in [0.2, 0.25) is 0 Å². The molecule has 2 aromatic rings. The zero-order valence-electron chi connectivity index (χ0n) is 7.07. The van der Waals surface area contributed by atoms with Crippen molar-refractivity contribution in [3.8, 4) is 5.06 Å². The molecule has 68 valence electrons. The third kappa shape index (κ3) is 1.36. The maximum absolute atomic E-state index is 5.72. The van der Waals surface area contributed by atoms with Crippen LogP contribution in [0.25, 0.3) is 10.1 Å². The maximum Gasteiger partial charge on any atom is 0.174 e. The fourth-order valence-corrected chi connectivity index (χ4v) is 2.41. The first-order valence-electron chi connectivity index (χ1n) is 3.77. The van der Waals surface area contributed by atoms with Gasteiger partial charge in [-0.25, -0.2) is 0 Å². The van der Waals surface area contributed by atoms with Crippen LogP contribution in [0.2, 0.25) is 0 Å². The van der Waals surface area contributed by atoms with E-state index in [0.29, 0.717) is 5.69 Å². The van der Waals surface area contributed by atoms with Crippen LogP contribution in [0.15, 0.2) is 23.1 Å². The first-order chi connectivity index (χ1) is 6.22. The Hall–Kier alpha value is -0.870. The Morgan fingerprint density at radius 2 is 2.23 bits per heavy atom. The lowest BCUT2D eigenvalue weighted by Gasteiger charge is -1.98. The van der Waals surface area contributed by atoms with Crippen molar-refractivity contribution in [3.05, 3.63) is 18.2 Å². The van der Waals surface area contributed by atoms with Crippen molar-refractivity contribution in [1.29, 1.82) is 0 Å². The first-order valence-corrected chi connectivity index (χ1v) is 5.03. The summed E-state index contributed by atoms with van der Waals surface area (Å²) in [5, 5.41) is 1.95. The van der Waals surface area contributed by atoms with Gasteiger partial charge in [0.25, 0.3) is 0 Å². The van der Waals surface area contributed by atoms with Gasteiger partial charge in [0.1, 0.15) is 0 Å². The van der Waals surface area contributed by atoms with Crippen molar-refractivity contribution in [2.24, 2.45) is 0 Å². The smallest absolute Gasteiger partial charge is 0.174 e. The van der Waals surface area contributed by atoms with E-state index < -0.39 is 0 Å². The van der Waals surface area contributed by atoms with Crippen LogP contribution >= 0.6 is 24.0 Å². The highest BCUT2D eigenvalue weighted by Gasteiger charge is 2.06. The Kier molecular flexibility index (Phi) is 2.09. The highest BCUT2D eigenvalue weighted by Crippen LogP contribution is 2.37. The molecule has 0 fully saturated rings. The van der Waals surface area contributed by atoms with E-state index in [-0.39, 0.29) is 0 Å². The van der Waals surface area contributed by atoms with E-state index in [4.69, 9.17) is 10.5 Å². The normalized spacial score (nSPS) is 10.6. The highest BCUT2D eigenvalue weighted by atomic mass is 32.1. The molecule has 4 heteroatoms. The van der Waals surface area contributed by atoms with Crippen LogP contribution in [0.3, 0.4) is 0 Å². The second-order valence-corrected chi connectivity index (χ2v) is 4.18. The number of methoxy groups -OCH3 is 1. The number of thiol groups is 1. The summed E-state index contributed by atoms with van der Waals surface area (Å²) in [6.45, 7) is 0. The zero-order valence-corrected chi connectivity index (χ0v) is 8.78. The van der Waals surface area contributed by atoms with Crippen molar-refractivity contribution >= 4 is 39.7 Å². The van der Waals surface area contributed by atoms with Gasteiger partial charge in [0, 0.05) is 26.7 Å². The standard InChI is InChI=1S/C9H9NOS2/c1-11-8-4-5-7(13-8)3-2-6(10)9(5)12/h2-4,12H,10H2,1H3. The molecule has 1 heterocycles. The average molecular weight is 211 g/mol. The monoisotopic (exact) mass is 211 g/mol. The largest absolute Gasteiger partial charge is 0.487 e. The van der Waals surface area contributed by atoms with Crippen molar-refractivity contribution in [1.82, 2.24) is 0 Å². The first kappa shape index (κ1) is 8.72. The summed E-state index contributed by atoms with van der Waals surface area (Å²) in [6, 6.07) is 5.80. The lowest BCUT2D eigenvalue weighted by atomic mass is 10.2. The van der Waals surface area contributed by atoms with Crippen LogP contribution in [-0.4, -0.2) is 7.11 Å². The summed E-state index contributed by atoms with van der Waals surface area (Å²) in [5.41, 5.74) is 6.43. The van der Waals surface area contributed by atoms with Gasteiger partial charge in [-0.15, -0.1) is 12.6 Å². The topological polar surface area (TPSA) is 35.2 Å². The Balaban J connectivity index is 2.76. The number of nitrogens with two attached hydrogens (primary N) is 1. The van der Waals surface area contributed by atoms with E-state index in [9.17, 15) is 0 Å². The summed E-state index contributed by atoms with van der Waals surface area (Å²) in [7, 11) is 1.66. The molecule has 0 bridgehead atoms. The Bertz CT molecular complexity index is 450. The van der Waals surface area contributed by atoms with Crippen LogP contribution in [0.1, 0.15) is 0 Å². The SMILES string of the molecule is COc1cc2c(S)c(N)ccc2s1. The van der Waals surface area contributed by atoms with Gasteiger partial charge in [0.05, 0.1) is 7.11 Å². The van der Waals surface area contributed by atoms with Crippen molar-refractivity contribution in [3.63, 3.8) is 0 Å². The second kappa shape index (κ2) is 3.12. The van der Waals surface area contributed by atoms with Crippen LogP contribution in [0.5, 0.6) is 5.06 Å². The third-order valence-corrected chi connectivity index (χ3v) is 3.44. The molecule has 0 aliphatic carbocycles. The molecule has 0 aliphatic rings. The van der Waals surface area contributed by atoms with Gasteiger partial charge >= 0.3 is 0 Å². The van der Waals surface area contributed by atoms with Gasteiger partial charge < -0.3 is 10.5 Å².